The largest absolute Gasteiger partial charge is 0.480 e. The number of nitrogens with zero attached hydrogens (tertiary/aromatic N) is 3. The normalized spacial score (nSPS) is 13.7. The van der Waals surface area contributed by atoms with Crippen LogP contribution in [-0.2, 0) is 22.6 Å². The van der Waals surface area contributed by atoms with Gasteiger partial charge in [0.05, 0.1) is 11.0 Å². The molecule has 0 saturated heterocycles. The third-order valence-corrected chi connectivity index (χ3v) is 4.98. The van der Waals surface area contributed by atoms with Crippen molar-refractivity contribution in [2.45, 2.75) is 19.0 Å². The second-order valence-electron chi connectivity index (χ2n) is 7.01. The predicted octanol–water partition coefficient (Wildman–Crippen LogP) is 1.38. The van der Waals surface area contributed by atoms with Crippen LogP contribution in [0.25, 0.3) is 11.0 Å². The molecule has 154 valence electrons. The van der Waals surface area contributed by atoms with Crippen LogP contribution in [0.3, 0.4) is 0 Å². The quantitative estimate of drug-likeness (QED) is 0.571. The summed E-state index contributed by atoms with van der Waals surface area (Å²) >= 11 is 0. The van der Waals surface area contributed by atoms with Crippen LogP contribution >= 0.6 is 0 Å². The van der Waals surface area contributed by atoms with E-state index in [1.54, 1.807) is 0 Å². The Labute approximate surface area is 172 Å². The van der Waals surface area contributed by atoms with Gasteiger partial charge in [0, 0.05) is 19.5 Å². The minimum absolute atomic E-state index is 0.238. The number of fused-ring (bicyclic) bond motifs is 3. The summed E-state index contributed by atoms with van der Waals surface area (Å²) in [5.74, 6) is -1.18. The number of aromatic nitrogens is 2. The van der Waals surface area contributed by atoms with Crippen LogP contribution in [0.5, 0.6) is 0 Å². The number of urea groups is 1. The fourth-order valence-corrected chi connectivity index (χ4v) is 3.55. The van der Waals surface area contributed by atoms with E-state index in [4.69, 9.17) is 5.11 Å². The van der Waals surface area contributed by atoms with Crippen molar-refractivity contribution in [2.24, 2.45) is 0 Å². The number of benzene rings is 2. The van der Waals surface area contributed by atoms with Crippen LogP contribution in [-0.4, -0.2) is 51.7 Å². The molecule has 3 amide bonds. The van der Waals surface area contributed by atoms with E-state index < -0.39 is 30.5 Å². The molecule has 0 radical (unpaired) electrons. The molecule has 1 aromatic heterocycles. The zero-order chi connectivity index (χ0) is 21.1. The van der Waals surface area contributed by atoms with Crippen LogP contribution in [0.4, 0.5) is 10.7 Å². The van der Waals surface area contributed by atoms with E-state index in [0.29, 0.717) is 19.0 Å². The summed E-state index contributed by atoms with van der Waals surface area (Å²) < 4.78 is 1.96. The number of carboxylic acids is 1. The molecule has 0 aliphatic carbocycles. The Bertz CT molecular complexity index is 1100. The van der Waals surface area contributed by atoms with Crippen molar-refractivity contribution >= 4 is 34.9 Å². The van der Waals surface area contributed by atoms with E-state index in [9.17, 15) is 14.4 Å². The zero-order valence-electron chi connectivity index (χ0n) is 16.1. The lowest BCUT2D eigenvalue weighted by Gasteiger charge is -2.22. The SMILES string of the molecule is O=C(O)CNC(=O)C(Cc1ccccc1)NC(=O)N1CCn2c1nc1ccccc12. The fraction of sp³-hybridized carbons (Fsp3) is 0.238. The highest BCUT2D eigenvalue weighted by Crippen LogP contribution is 2.27. The van der Waals surface area contributed by atoms with Crippen LogP contribution < -0.4 is 15.5 Å². The van der Waals surface area contributed by atoms with Crippen molar-refractivity contribution in [2.75, 3.05) is 18.0 Å². The molecule has 30 heavy (non-hydrogen) atoms. The molecule has 1 atom stereocenters. The van der Waals surface area contributed by atoms with Gasteiger partial charge in [-0.3, -0.25) is 14.5 Å². The van der Waals surface area contributed by atoms with Crippen molar-refractivity contribution < 1.29 is 19.5 Å². The summed E-state index contributed by atoms with van der Waals surface area (Å²) in [4.78, 5) is 42.4. The van der Waals surface area contributed by atoms with Gasteiger partial charge in [-0.2, -0.15) is 0 Å². The minimum Gasteiger partial charge on any atom is -0.480 e. The molecule has 1 unspecified atom stereocenters. The molecule has 1 aliphatic heterocycles. The second-order valence-corrected chi connectivity index (χ2v) is 7.01. The molecule has 3 N–H and O–H groups in total. The molecule has 2 heterocycles. The van der Waals surface area contributed by atoms with Gasteiger partial charge < -0.3 is 20.3 Å². The van der Waals surface area contributed by atoms with Crippen molar-refractivity contribution in [3.05, 3.63) is 60.2 Å². The third-order valence-electron chi connectivity index (χ3n) is 4.98. The summed E-state index contributed by atoms with van der Waals surface area (Å²) in [5.41, 5.74) is 2.59. The summed E-state index contributed by atoms with van der Waals surface area (Å²) in [6, 6.07) is 15.5. The van der Waals surface area contributed by atoms with Gasteiger partial charge in [0.25, 0.3) is 0 Å². The second kappa shape index (κ2) is 8.24. The van der Waals surface area contributed by atoms with Crippen molar-refractivity contribution in [1.29, 1.82) is 0 Å². The number of hydrogen-bond acceptors (Lipinski definition) is 4. The van der Waals surface area contributed by atoms with Crippen molar-refractivity contribution in [3.63, 3.8) is 0 Å². The zero-order valence-corrected chi connectivity index (χ0v) is 16.1. The highest BCUT2D eigenvalue weighted by atomic mass is 16.4. The first-order chi connectivity index (χ1) is 14.5. The van der Waals surface area contributed by atoms with Crippen LogP contribution in [0.2, 0.25) is 0 Å². The van der Waals surface area contributed by atoms with Crippen LogP contribution in [0.15, 0.2) is 54.6 Å². The topological polar surface area (TPSA) is 117 Å². The van der Waals surface area contributed by atoms with E-state index in [2.05, 4.69) is 15.6 Å². The maximum atomic E-state index is 13.0. The number of para-hydroxylation sites is 2. The Balaban J connectivity index is 1.53. The number of carboxylic acid groups (broad SMARTS) is 1. The monoisotopic (exact) mass is 407 g/mol. The van der Waals surface area contributed by atoms with Gasteiger partial charge in [0.15, 0.2) is 0 Å². The smallest absolute Gasteiger partial charge is 0.324 e. The number of carbonyl (C=O) groups excluding carboxylic acids is 2. The fourth-order valence-electron chi connectivity index (χ4n) is 3.55. The average molecular weight is 407 g/mol. The first-order valence-electron chi connectivity index (χ1n) is 9.59. The Morgan fingerprint density at radius 3 is 2.53 bits per heavy atom. The number of amides is 3. The van der Waals surface area contributed by atoms with Crippen molar-refractivity contribution in [3.8, 4) is 0 Å². The molecule has 9 nitrogen and oxygen atoms in total. The Morgan fingerprint density at radius 2 is 1.77 bits per heavy atom. The van der Waals surface area contributed by atoms with E-state index in [-0.39, 0.29) is 6.42 Å². The molecular weight excluding hydrogens is 386 g/mol. The summed E-state index contributed by atoms with van der Waals surface area (Å²) in [7, 11) is 0. The number of nitrogens with one attached hydrogen (secondary N) is 2. The first kappa shape index (κ1) is 19.4. The lowest BCUT2D eigenvalue weighted by molar-refractivity contribution is -0.138. The van der Waals surface area contributed by atoms with E-state index in [0.717, 1.165) is 16.6 Å². The van der Waals surface area contributed by atoms with Gasteiger partial charge in [-0.05, 0) is 17.7 Å². The summed E-state index contributed by atoms with van der Waals surface area (Å²) in [5, 5.41) is 13.9. The van der Waals surface area contributed by atoms with Crippen molar-refractivity contribution in [1.82, 2.24) is 20.2 Å². The lowest BCUT2D eigenvalue weighted by Crippen LogP contribution is -2.52. The maximum Gasteiger partial charge on any atom is 0.324 e. The van der Waals surface area contributed by atoms with E-state index in [1.807, 2.05) is 59.2 Å². The molecule has 0 bridgehead atoms. The minimum atomic E-state index is -1.15. The van der Waals surface area contributed by atoms with E-state index in [1.165, 1.54) is 4.90 Å². The molecule has 0 fully saturated rings. The number of hydrogen-bond donors (Lipinski definition) is 3. The number of rotatable bonds is 6. The molecular formula is C21H21N5O4. The number of aliphatic carboxylic acids is 1. The molecule has 9 heteroatoms. The Hall–Kier alpha value is -3.88. The molecule has 4 rings (SSSR count). The molecule has 2 aromatic carbocycles. The molecule has 3 aromatic rings. The van der Waals surface area contributed by atoms with Gasteiger partial charge >= 0.3 is 12.0 Å². The maximum absolute atomic E-state index is 13.0. The van der Waals surface area contributed by atoms with Gasteiger partial charge in [-0.1, -0.05) is 42.5 Å². The standard InChI is InChI=1S/C21H21N5O4/c27-18(28)13-22-19(29)16(12-14-6-2-1-3-7-14)24-21(30)26-11-10-25-17-9-5-4-8-15(17)23-20(25)26/h1-9,16H,10-13H2,(H,22,29)(H,24,30)(H,27,28). The molecule has 0 spiro atoms. The Morgan fingerprint density at radius 1 is 1.03 bits per heavy atom. The highest BCUT2D eigenvalue weighted by Gasteiger charge is 2.31. The summed E-state index contributed by atoms with van der Waals surface area (Å²) in [6.45, 7) is 0.533. The van der Waals surface area contributed by atoms with Gasteiger partial charge in [0.2, 0.25) is 11.9 Å². The van der Waals surface area contributed by atoms with Gasteiger partial charge in [-0.25, -0.2) is 9.78 Å². The molecule has 0 saturated carbocycles. The predicted molar refractivity (Wildman–Crippen MR) is 110 cm³/mol. The van der Waals surface area contributed by atoms with Gasteiger partial charge in [-0.15, -0.1) is 0 Å². The van der Waals surface area contributed by atoms with Gasteiger partial charge in [0.1, 0.15) is 12.6 Å². The average Bonchev–Trinajstić information content (AvgIpc) is 3.31. The van der Waals surface area contributed by atoms with Crippen LogP contribution in [0.1, 0.15) is 5.56 Å². The first-order valence-corrected chi connectivity index (χ1v) is 9.59. The number of anilines is 1. The van der Waals surface area contributed by atoms with Crippen LogP contribution in [0, 0.1) is 0 Å². The molecule has 1 aliphatic rings. The lowest BCUT2D eigenvalue weighted by atomic mass is 10.1. The Kier molecular flexibility index (Phi) is 5.34. The number of imidazole rings is 1. The highest BCUT2D eigenvalue weighted by molar-refractivity contribution is 5.97. The summed E-state index contributed by atoms with van der Waals surface area (Å²) in [6.07, 6.45) is 0.238. The number of carbonyl (C=O) groups is 3. The third kappa shape index (κ3) is 3.95. The van der Waals surface area contributed by atoms with E-state index >= 15 is 0 Å².